The lowest BCUT2D eigenvalue weighted by Crippen LogP contribution is -2.21. The first-order chi connectivity index (χ1) is 12.0. The molecule has 2 heterocycles. The molecule has 0 unspecified atom stereocenters. The van der Waals surface area contributed by atoms with Crippen molar-refractivity contribution in [2.24, 2.45) is 0 Å². The maximum absolute atomic E-state index is 5.99. The number of methoxy groups -OCH3 is 1. The first kappa shape index (κ1) is 17.5. The highest BCUT2D eigenvalue weighted by Crippen LogP contribution is 2.27. The third-order valence-corrected chi connectivity index (χ3v) is 4.84. The number of hydrogen-bond donors (Lipinski definition) is 0. The lowest BCUT2D eigenvalue weighted by molar-refractivity contribution is 0.380. The summed E-state index contributed by atoms with van der Waals surface area (Å²) in [7, 11) is 1.68. The van der Waals surface area contributed by atoms with E-state index < -0.39 is 0 Å². The van der Waals surface area contributed by atoms with Crippen LogP contribution in [0.25, 0.3) is 0 Å². The molecule has 0 spiro atoms. The first-order valence-electron chi connectivity index (χ1n) is 8.32. The fourth-order valence-corrected chi connectivity index (χ4v) is 3.23. The van der Waals surface area contributed by atoms with Crippen molar-refractivity contribution in [1.29, 1.82) is 0 Å². The van der Waals surface area contributed by atoms with E-state index in [0.29, 0.717) is 6.54 Å². The van der Waals surface area contributed by atoms with E-state index in [1.54, 1.807) is 18.4 Å². The maximum Gasteiger partial charge on any atom is 0.213 e. The molecular formula is C20H24N2O2S. The number of aromatic nitrogens is 1. The van der Waals surface area contributed by atoms with Crippen LogP contribution >= 0.6 is 11.3 Å². The highest BCUT2D eigenvalue weighted by molar-refractivity contribution is 7.09. The van der Waals surface area contributed by atoms with Gasteiger partial charge in [0.1, 0.15) is 11.5 Å². The average molecular weight is 356 g/mol. The van der Waals surface area contributed by atoms with Gasteiger partial charge in [-0.25, -0.2) is 4.98 Å². The lowest BCUT2D eigenvalue weighted by atomic mass is 9.94. The summed E-state index contributed by atoms with van der Waals surface area (Å²) in [6.07, 6.45) is 1.84. The Hall–Kier alpha value is -2.27. The minimum Gasteiger partial charge on any atom is -0.497 e. The monoisotopic (exact) mass is 356 g/mol. The molecule has 3 rings (SSSR count). The van der Waals surface area contributed by atoms with Crippen molar-refractivity contribution in [3.8, 4) is 5.75 Å². The number of oxazole rings is 1. The van der Waals surface area contributed by atoms with Crippen molar-refractivity contribution in [2.75, 3.05) is 12.0 Å². The molecule has 5 heteroatoms. The molecule has 4 nitrogen and oxygen atoms in total. The molecule has 3 aromatic rings. The number of ether oxygens (including phenoxy) is 1. The van der Waals surface area contributed by atoms with E-state index in [9.17, 15) is 0 Å². The quantitative estimate of drug-likeness (QED) is 0.605. The van der Waals surface area contributed by atoms with E-state index in [0.717, 1.165) is 29.6 Å². The van der Waals surface area contributed by atoms with Crippen molar-refractivity contribution in [3.63, 3.8) is 0 Å². The maximum atomic E-state index is 5.99. The van der Waals surface area contributed by atoms with Crippen LogP contribution in [0.15, 0.2) is 52.4 Å². The third-order valence-electron chi connectivity index (χ3n) is 3.98. The average Bonchev–Trinajstić information content (AvgIpc) is 3.26. The van der Waals surface area contributed by atoms with Gasteiger partial charge in [0.25, 0.3) is 0 Å². The standard InChI is InChI=1S/C20H24N2O2S/c1-20(2,3)18-12-21-19(24-18)14-22(13-17-6-5-11-25-17)15-7-9-16(23-4)10-8-15/h5-12H,13-14H2,1-4H3. The van der Waals surface area contributed by atoms with Crippen LogP contribution in [0.1, 0.15) is 37.3 Å². The van der Waals surface area contributed by atoms with Crippen molar-refractivity contribution >= 4 is 17.0 Å². The molecule has 1 aromatic carbocycles. The van der Waals surface area contributed by atoms with Crippen LogP contribution in [-0.2, 0) is 18.5 Å². The van der Waals surface area contributed by atoms with Gasteiger partial charge in [-0.1, -0.05) is 26.8 Å². The molecule has 0 N–H and O–H groups in total. The van der Waals surface area contributed by atoms with Crippen molar-refractivity contribution in [3.05, 3.63) is 64.5 Å². The molecule has 0 saturated carbocycles. The predicted octanol–water partition coefficient (Wildman–Crippen LogP) is 5.25. The van der Waals surface area contributed by atoms with Crippen LogP contribution in [0, 0.1) is 0 Å². The highest BCUT2D eigenvalue weighted by Gasteiger charge is 2.20. The van der Waals surface area contributed by atoms with Gasteiger partial charge in [0.05, 0.1) is 26.4 Å². The minimum absolute atomic E-state index is 0.0378. The Balaban J connectivity index is 1.83. The van der Waals surface area contributed by atoms with E-state index in [1.165, 1.54) is 4.88 Å². The normalized spacial score (nSPS) is 11.5. The van der Waals surface area contributed by atoms with Crippen LogP contribution < -0.4 is 9.64 Å². The Labute approximate surface area is 153 Å². The smallest absolute Gasteiger partial charge is 0.213 e. The number of benzene rings is 1. The summed E-state index contributed by atoms with van der Waals surface area (Å²) in [5, 5.41) is 2.10. The molecule has 0 bridgehead atoms. The topological polar surface area (TPSA) is 38.5 Å². The second-order valence-corrected chi connectivity index (χ2v) is 8.03. The van der Waals surface area contributed by atoms with Crippen LogP contribution in [0.4, 0.5) is 5.69 Å². The second kappa shape index (κ2) is 7.31. The van der Waals surface area contributed by atoms with Gasteiger partial charge in [-0.2, -0.15) is 0 Å². The first-order valence-corrected chi connectivity index (χ1v) is 9.20. The number of thiophene rings is 1. The molecule has 132 valence electrons. The lowest BCUT2D eigenvalue weighted by Gasteiger charge is -2.23. The van der Waals surface area contributed by atoms with Crippen molar-refractivity contribution in [2.45, 2.75) is 39.3 Å². The van der Waals surface area contributed by atoms with Gasteiger partial charge < -0.3 is 14.1 Å². The largest absolute Gasteiger partial charge is 0.497 e. The Bertz CT molecular complexity index is 786. The summed E-state index contributed by atoms with van der Waals surface area (Å²) in [5.74, 6) is 2.50. The summed E-state index contributed by atoms with van der Waals surface area (Å²) in [6, 6.07) is 12.3. The van der Waals surface area contributed by atoms with Gasteiger partial charge in [-0.05, 0) is 35.7 Å². The van der Waals surface area contributed by atoms with E-state index in [2.05, 4.69) is 60.3 Å². The fraction of sp³-hybridized carbons (Fsp3) is 0.350. The van der Waals surface area contributed by atoms with E-state index in [1.807, 2.05) is 18.3 Å². The number of anilines is 1. The Morgan fingerprint density at radius 2 is 1.88 bits per heavy atom. The van der Waals surface area contributed by atoms with Crippen molar-refractivity contribution in [1.82, 2.24) is 4.98 Å². The number of hydrogen-bond acceptors (Lipinski definition) is 5. The van der Waals surface area contributed by atoms with E-state index in [4.69, 9.17) is 9.15 Å². The second-order valence-electron chi connectivity index (χ2n) is 7.00. The summed E-state index contributed by atoms with van der Waals surface area (Å²) in [6.45, 7) is 7.83. The zero-order valence-electron chi connectivity index (χ0n) is 15.2. The van der Waals surface area contributed by atoms with Crippen molar-refractivity contribution < 1.29 is 9.15 Å². The highest BCUT2D eigenvalue weighted by atomic mass is 32.1. The number of nitrogens with zero attached hydrogens (tertiary/aromatic N) is 2. The SMILES string of the molecule is COc1ccc(N(Cc2ncc(C(C)(C)C)o2)Cc2cccs2)cc1. The van der Waals surface area contributed by atoms with E-state index in [-0.39, 0.29) is 5.41 Å². The zero-order valence-corrected chi connectivity index (χ0v) is 16.0. The molecule has 0 saturated heterocycles. The Morgan fingerprint density at radius 3 is 2.44 bits per heavy atom. The van der Waals surface area contributed by atoms with Gasteiger partial charge in [-0.3, -0.25) is 0 Å². The Kier molecular flexibility index (Phi) is 5.13. The molecule has 0 amide bonds. The van der Waals surface area contributed by atoms with Crippen LogP contribution in [-0.4, -0.2) is 12.1 Å². The third kappa shape index (κ3) is 4.42. The van der Waals surface area contributed by atoms with Crippen LogP contribution in [0.3, 0.4) is 0 Å². The summed E-state index contributed by atoms with van der Waals surface area (Å²) < 4.78 is 11.3. The van der Waals surface area contributed by atoms with Gasteiger partial charge in [-0.15, -0.1) is 11.3 Å². The molecule has 25 heavy (non-hydrogen) atoms. The van der Waals surface area contributed by atoms with Gasteiger partial charge in [0.2, 0.25) is 5.89 Å². The molecule has 0 atom stereocenters. The molecule has 0 radical (unpaired) electrons. The Morgan fingerprint density at radius 1 is 1.12 bits per heavy atom. The molecule has 0 aliphatic carbocycles. The van der Waals surface area contributed by atoms with Gasteiger partial charge in [0.15, 0.2) is 0 Å². The van der Waals surface area contributed by atoms with Gasteiger partial charge >= 0.3 is 0 Å². The summed E-state index contributed by atoms with van der Waals surface area (Å²) in [4.78, 5) is 8.05. The van der Waals surface area contributed by atoms with Crippen LogP contribution in [0.2, 0.25) is 0 Å². The molecular weight excluding hydrogens is 332 g/mol. The molecule has 2 aromatic heterocycles. The molecule has 0 fully saturated rings. The molecule has 0 aliphatic heterocycles. The van der Waals surface area contributed by atoms with Gasteiger partial charge in [0, 0.05) is 16.0 Å². The summed E-state index contributed by atoms with van der Waals surface area (Å²) >= 11 is 1.76. The predicted molar refractivity (Wildman–Crippen MR) is 102 cm³/mol. The zero-order chi connectivity index (χ0) is 17.9. The molecule has 0 aliphatic rings. The number of rotatable bonds is 6. The fourth-order valence-electron chi connectivity index (χ4n) is 2.52. The van der Waals surface area contributed by atoms with E-state index >= 15 is 0 Å². The minimum atomic E-state index is -0.0378. The van der Waals surface area contributed by atoms with Crippen LogP contribution in [0.5, 0.6) is 5.75 Å². The summed E-state index contributed by atoms with van der Waals surface area (Å²) in [5.41, 5.74) is 1.08.